The van der Waals surface area contributed by atoms with Crippen LogP contribution in [-0.2, 0) is 0 Å². The fourth-order valence-electron chi connectivity index (χ4n) is 1.37. The number of nitrogens with one attached hydrogen (secondary N) is 1. The number of aliphatic hydroxyl groups is 1. The average Bonchev–Trinajstić information content (AvgIpc) is 2.26. The second-order valence-corrected chi connectivity index (χ2v) is 4.23. The van der Waals surface area contributed by atoms with Gasteiger partial charge in [-0.05, 0) is 31.0 Å². The lowest BCUT2D eigenvalue weighted by molar-refractivity contribution is 0.0457. The minimum Gasteiger partial charge on any atom is -0.388 e. The van der Waals surface area contributed by atoms with E-state index in [0.29, 0.717) is 11.6 Å². The first-order valence-corrected chi connectivity index (χ1v) is 5.69. The molecule has 0 radical (unpaired) electrons. The molecule has 84 valence electrons. The van der Waals surface area contributed by atoms with Crippen molar-refractivity contribution in [3.63, 3.8) is 0 Å². The third kappa shape index (κ3) is 3.73. The zero-order valence-corrected chi connectivity index (χ0v) is 10.0. The Hall–Kier alpha value is -0.730. The maximum Gasteiger partial charge on any atom is 0.0814 e. The Morgan fingerprint density at radius 1 is 1.33 bits per heavy atom. The average molecular weight is 228 g/mol. The van der Waals surface area contributed by atoms with Gasteiger partial charge in [0, 0.05) is 17.3 Å². The molecule has 0 unspecified atom stereocenters. The van der Waals surface area contributed by atoms with Gasteiger partial charge in [-0.15, -0.1) is 0 Å². The van der Waals surface area contributed by atoms with Gasteiger partial charge < -0.3 is 10.4 Å². The summed E-state index contributed by atoms with van der Waals surface area (Å²) in [7, 11) is 0. The molecule has 0 atom stereocenters. The van der Waals surface area contributed by atoms with E-state index in [2.05, 4.69) is 5.32 Å². The van der Waals surface area contributed by atoms with Crippen LogP contribution in [0.5, 0.6) is 0 Å². The van der Waals surface area contributed by atoms with Crippen molar-refractivity contribution in [3.8, 4) is 0 Å². The Kier molecular flexibility index (Phi) is 4.43. The normalized spacial score (nSPS) is 11.5. The van der Waals surface area contributed by atoms with Crippen LogP contribution in [0.3, 0.4) is 0 Å². The Morgan fingerprint density at radius 3 is 2.53 bits per heavy atom. The van der Waals surface area contributed by atoms with Gasteiger partial charge in [0.15, 0.2) is 0 Å². The van der Waals surface area contributed by atoms with Gasteiger partial charge in [-0.2, -0.15) is 0 Å². The first kappa shape index (κ1) is 12.3. The standard InChI is InChI=1S/C12H18ClNO/c1-3-12(15,4-2)9-14-11-7-5-6-10(13)8-11/h5-8,14-15H,3-4,9H2,1-2H3. The SMILES string of the molecule is CCC(O)(CC)CNc1cccc(Cl)c1. The van der Waals surface area contributed by atoms with E-state index < -0.39 is 5.60 Å². The minimum atomic E-state index is -0.623. The zero-order valence-electron chi connectivity index (χ0n) is 9.26. The van der Waals surface area contributed by atoms with Crippen molar-refractivity contribution in [2.24, 2.45) is 0 Å². The summed E-state index contributed by atoms with van der Waals surface area (Å²) in [6.45, 7) is 4.53. The van der Waals surface area contributed by atoms with Gasteiger partial charge in [0.2, 0.25) is 0 Å². The van der Waals surface area contributed by atoms with Gasteiger partial charge in [-0.3, -0.25) is 0 Å². The van der Waals surface area contributed by atoms with E-state index in [1.165, 1.54) is 0 Å². The van der Waals surface area contributed by atoms with Crippen molar-refractivity contribution in [2.45, 2.75) is 32.3 Å². The maximum absolute atomic E-state index is 10.1. The highest BCUT2D eigenvalue weighted by Crippen LogP contribution is 2.18. The molecule has 0 bridgehead atoms. The largest absolute Gasteiger partial charge is 0.388 e. The van der Waals surface area contributed by atoms with E-state index in [0.717, 1.165) is 18.5 Å². The summed E-state index contributed by atoms with van der Waals surface area (Å²) < 4.78 is 0. The van der Waals surface area contributed by atoms with E-state index >= 15 is 0 Å². The van der Waals surface area contributed by atoms with E-state index in [-0.39, 0.29) is 0 Å². The van der Waals surface area contributed by atoms with Crippen LogP contribution in [0.4, 0.5) is 5.69 Å². The van der Waals surface area contributed by atoms with Gasteiger partial charge in [0.1, 0.15) is 0 Å². The topological polar surface area (TPSA) is 32.3 Å². The molecule has 0 saturated carbocycles. The van der Waals surface area contributed by atoms with E-state index in [1.807, 2.05) is 38.1 Å². The molecule has 0 aliphatic heterocycles. The second-order valence-electron chi connectivity index (χ2n) is 3.80. The third-order valence-electron chi connectivity index (χ3n) is 2.76. The van der Waals surface area contributed by atoms with Crippen molar-refractivity contribution < 1.29 is 5.11 Å². The number of rotatable bonds is 5. The van der Waals surface area contributed by atoms with E-state index in [4.69, 9.17) is 11.6 Å². The van der Waals surface area contributed by atoms with Crippen LogP contribution in [0.1, 0.15) is 26.7 Å². The molecular weight excluding hydrogens is 210 g/mol. The van der Waals surface area contributed by atoms with Crippen molar-refractivity contribution in [1.82, 2.24) is 0 Å². The van der Waals surface area contributed by atoms with E-state index in [1.54, 1.807) is 0 Å². The lowest BCUT2D eigenvalue weighted by Crippen LogP contribution is -2.35. The van der Waals surface area contributed by atoms with Crippen molar-refractivity contribution in [1.29, 1.82) is 0 Å². The Balaban J connectivity index is 2.56. The van der Waals surface area contributed by atoms with Crippen LogP contribution in [0, 0.1) is 0 Å². The molecule has 0 fully saturated rings. The lowest BCUT2D eigenvalue weighted by atomic mass is 9.97. The van der Waals surface area contributed by atoms with Gasteiger partial charge in [-0.1, -0.05) is 31.5 Å². The van der Waals surface area contributed by atoms with Crippen LogP contribution in [0.15, 0.2) is 24.3 Å². The fraction of sp³-hybridized carbons (Fsp3) is 0.500. The second kappa shape index (κ2) is 5.38. The lowest BCUT2D eigenvalue weighted by Gasteiger charge is -2.25. The minimum absolute atomic E-state index is 0.556. The van der Waals surface area contributed by atoms with Crippen molar-refractivity contribution >= 4 is 17.3 Å². The Labute approximate surface area is 96.3 Å². The Morgan fingerprint density at radius 2 is 2.00 bits per heavy atom. The molecule has 2 N–H and O–H groups in total. The van der Waals surface area contributed by atoms with Gasteiger partial charge in [0.05, 0.1) is 5.60 Å². The third-order valence-corrected chi connectivity index (χ3v) is 3.00. The van der Waals surface area contributed by atoms with Crippen molar-refractivity contribution in [3.05, 3.63) is 29.3 Å². The van der Waals surface area contributed by atoms with Crippen LogP contribution >= 0.6 is 11.6 Å². The molecule has 3 heteroatoms. The predicted octanol–water partition coefficient (Wildman–Crippen LogP) is 3.30. The highest BCUT2D eigenvalue weighted by Gasteiger charge is 2.21. The highest BCUT2D eigenvalue weighted by atomic mass is 35.5. The smallest absolute Gasteiger partial charge is 0.0814 e. The molecule has 0 aromatic heterocycles. The molecule has 0 aliphatic rings. The molecule has 1 aromatic rings. The zero-order chi connectivity index (χ0) is 11.3. The predicted molar refractivity (Wildman–Crippen MR) is 65.5 cm³/mol. The number of halogens is 1. The summed E-state index contributed by atoms with van der Waals surface area (Å²) in [5.41, 5.74) is 0.324. The first-order chi connectivity index (χ1) is 7.09. The molecule has 0 saturated heterocycles. The van der Waals surface area contributed by atoms with Crippen LogP contribution in [0.2, 0.25) is 5.02 Å². The summed E-state index contributed by atoms with van der Waals surface area (Å²) in [4.78, 5) is 0. The number of hydrogen-bond acceptors (Lipinski definition) is 2. The van der Waals surface area contributed by atoms with Crippen LogP contribution < -0.4 is 5.32 Å². The molecule has 2 nitrogen and oxygen atoms in total. The fourth-order valence-corrected chi connectivity index (χ4v) is 1.56. The summed E-state index contributed by atoms with van der Waals surface area (Å²) in [6, 6.07) is 7.52. The molecule has 0 spiro atoms. The molecule has 0 aliphatic carbocycles. The molecular formula is C12H18ClNO. The molecule has 1 rings (SSSR count). The van der Waals surface area contributed by atoms with Crippen LogP contribution in [-0.4, -0.2) is 17.3 Å². The van der Waals surface area contributed by atoms with E-state index in [9.17, 15) is 5.11 Å². The number of hydrogen-bond donors (Lipinski definition) is 2. The van der Waals surface area contributed by atoms with Gasteiger partial charge in [0.25, 0.3) is 0 Å². The summed E-state index contributed by atoms with van der Waals surface area (Å²) in [6.07, 6.45) is 1.49. The summed E-state index contributed by atoms with van der Waals surface area (Å²) in [5.74, 6) is 0. The molecule has 0 heterocycles. The highest BCUT2D eigenvalue weighted by molar-refractivity contribution is 6.30. The Bertz CT molecular complexity index is 310. The monoisotopic (exact) mass is 227 g/mol. The molecule has 0 amide bonds. The maximum atomic E-state index is 10.1. The summed E-state index contributed by atoms with van der Waals surface area (Å²) in [5, 5.41) is 14.0. The first-order valence-electron chi connectivity index (χ1n) is 5.31. The quantitative estimate of drug-likeness (QED) is 0.809. The van der Waals surface area contributed by atoms with Gasteiger partial charge >= 0.3 is 0 Å². The number of benzene rings is 1. The molecule has 15 heavy (non-hydrogen) atoms. The van der Waals surface area contributed by atoms with Gasteiger partial charge in [-0.25, -0.2) is 0 Å². The van der Waals surface area contributed by atoms with Crippen LogP contribution in [0.25, 0.3) is 0 Å². The molecule has 1 aromatic carbocycles. The van der Waals surface area contributed by atoms with Crippen molar-refractivity contribution in [2.75, 3.05) is 11.9 Å². The summed E-state index contributed by atoms with van der Waals surface area (Å²) >= 11 is 5.86. The number of anilines is 1.